The van der Waals surface area contributed by atoms with E-state index in [-0.39, 0.29) is 11.9 Å². The van der Waals surface area contributed by atoms with Gasteiger partial charge in [0.2, 0.25) is 5.91 Å². The zero-order valence-electron chi connectivity index (χ0n) is 11.1. The lowest BCUT2D eigenvalue weighted by atomic mass is 10.1. The molecule has 96 valence electrons. The fraction of sp³-hybridized carbons (Fsp3) is 0.533. The van der Waals surface area contributed by atoms with Crippen LogP contribution in [0.1, 0.15) is 30.4 Å². The maximum atomic E-state index is 12.4. The van der Waals surface area contributed by atoms with Crippen molar-refractivity contribution < 1.29 is 4.79 Å². The lowest BCUT2D eigenvalue weighted by molar-refractivity contribution is -0.118. The number of aryl methyl sites for hydroxylation is 1. The maximum absolute atomic E-state index is 12.4. The van der Waals surface area contributed by atoms with Gasteiger partial charge in [0.25, 0.3) is 0 Å². The Morgan fingerprint density at radius 3 is 2.72 bits per heavy atom. The lowest BCUT2D eigenvalue weighted by Crippen LogP contribution is -2.39. The van der Waals surface area contributed by atoms with Gasteiger partial charge in [-0.15, -0.1) is 0 Å². The van der Waals surface area contributed by atoms with Crippen molar-refractivity contribution in [2.24, 2.45) is 0 Å². The van der Waals surface area contributed by atoms with Crippen LogP contribution < -0.4 is 10.2 Å². The number of anilines is 1. The second kappa shape index (κ2) is 4.39. The largest absolute Gasteiger partial charge is 0.311 e. The predicted octanol–water partition coefficient (Wildman–Crippen LogP) is 2.16. The molecular weight excluding hydrogens is 224 g/mol. The quantitative estimate of drug-likeness (QED) is 0.883. The molecule has 1 aromatic carbocycles. The number of rotatable bonds is 3. The van der Waals surface area contributed by atoms with Crippen molar-refractivity contribution in [3.8, 4) is 0 Å². The molecule has 1 aliphatic carbocycles. The number of benzene rings is 1. The van der Waals surface area contributed by atoms with E-state index in [2.05, 4.69) is 31.3 Å². The average molecular weight is 244 g/mol. The first-order valence-electron chi connectivity index (χ1n) is 6.80. The van der Waals surface area contributed by atoms with Crippen LogP contribution >= 0.6 is 0 Å². The molecule has 1 heterocycles. The molecule has 1 aliphatic heterocycles. The first-order chi connectivity index (χ1) is 8.66. The minimum absolute atomic E-state index is 0.0393. The molecule has 1 amide bonds. The zero-order chi connectivity index (χ0) is 12.7. The summed E-state index contributed by atoms with van der Waals surface area (Å²) in [5, 5.41) is 3.45. The van der Waals surface area contributed by atoms with E-state index >= 15 is 0 Å². The van der Waals surface area contributed by atoms with Crippen LogP contribution in [-0.4, -0.2) is 24.5 Å². The number of nitrogens with one attached hydrogen (secondary N) is 1. The van der Waals surface area contributed by atoms with E-state index < -0.39 is 0 Å². The highest BCUT2D eigenvalue weighted by atomic mass is 16.2. The van der Waals surface area contributed by atoms with Crippen molar-refractivity contribution in [1.29, 1.82) is 0 Å². The molecule has 1 unspecified atom stereocenters. The van der Waals surface area contributed by atoms with Crippen LogP contribution in [0.3, 0.4) is 0 Å². The van der Waals surface area contributed by atoms with Gasteiger partial charge in [0, 0.05) is 18.3 Å². The molecule has 18 heavy (non-hydrogen) atoms. The van der Waals surface area contributed by atoms with Gasteiger partial charge in [0.15, 0.2) is 0 Å². The SMILES string of the molecule is Cc1cccc(N2CCC(NC3CC3)C2=O)c1C. The second-order valence-corrected chi connectivity index (χ2v) is 5.49. The lowest BCUT2D eigenvalue weighted by Gasteiger charge is -2.20. The first kappa shape index (κ1) is 11.7. The van der Waals surface area contributed by atoms with Gasteiger partial charge < -0.3 is 10.2 Å². The standard InChI is InChI=1S/C15H20N2O/c1-10-4-3-5-14(11(10)2)17-9-8-13(15(17)18)16-12-6-7-12/h3-5,12-13,16H,6-9H2,1-2H3. The molecule has 2 aliphatic rings. The van der Waals surface area contributed by atoms with Crippen LogP contribution in [-0.2, 0) is 4.79 Å². The fourth-order valence-corrected chi connectivity index (χ4v) is 2.64. The van der Waals surface area contributed by atoms with Gasteiger partial charge in [-0.3, -0.25) is 4.79 Å². The topological polar surface area (TPSA) is 32.3 Å². The minimum atomic E-state index is 0.0393. The molecule has 3 nitrogen and oxygen atoms in total. The third-order valence-electron chi connectivity index (χ3n) is 4.09. The van der Waals surface area contributed by atoms with Crippen LogP contribution in [0, 0.1) is 13.8 Å². The van der Waals surface area contributed by atoms with Crippen molar-refractivity contribution in [3.05, 3.63) is 29.3 Å². The summed E-state index contributed by atoms with van der Waals surface area (Å²) in [4.78, 5) is 14.3. The molecule has 1 saturated carbocycles. The number of hydrogen-bond donors (Lipinski definition) is 1. The van der Waals surface area contributed by atoms with E-state index in [9.17, 15) is 4.79 Å². The zero-order valence-corrected chi connectivity index (χ0v) is 11.1. The Kier molecular flexibility index (Phi) is 2.86. The van der Waals surface area contributed by atoms with Gasteiger partial charge in [0.05, 0.1) is 6.04 Å². The molecular formula is C15H20N2O. The number of nitrogens with zero attached hydrogens (tertiary/aromatic N) is 1. The molecule has 3 heteroatoms. The molecule has 1 aromatic rings. The fourth-order valence-electron chi connectivity index (χ4n) is 2.64. The predicted molar refractivity (Wildman–Crippen MR) is 72.8 cm³/mol. The van der Waals surface area contributed by atoms with Crippen molar-refractivity contribution in [3.63, 3.8) is 0 Å². The molecule has 0 aromatic heterocycles. The van der Waals surface area contributed by atoms with E-state index in [1.165, 1.54) is 24.0 Å². The molecule has 0 radical (unpaired) electrons. The summed E-state index contributed by atoms with van der Waals surface area (Å²) in [5.74, 6) is 0.246. The van der Waals surface area contributed by atoms with E-state index in [1.54, 1.807) is 0 Å². The number of amides is 1. The highest BCUT2D eigenvalue weighted by molar-refractivity contribution is 6.00. The van der Waals surface area contributed by atoms with E-state index in [4.69, 9.17) is 0 Å². The molecule has 3 rings (SSSR count). The van der Waals surface area contributed by atoms with Gasteiger partial charge in [-0.05, 0) is 50.3 Å². The second-order valence-electron chi connectivity index (χ2n) is 5.49. The molecule has 0 spiro atoms. The summed E-state index contributed by atoms with van der Waals surface area (Å²) in [6.45, 7) is 5.03. The minimum Gasteiger partial charge on any atom is -0.311 e. The van der Waals surface area contributed by atoms with Crippen molar-refractivity contribution in [2.45, 2.75) is 45.2 Å². The summed E-state index contributed by atoms with van der Waals surface area (Å²) in [6.07, 6.45) is 3.39. The summed E-state index contributed by atoms with van der Waals surface area (Å²) >= 11 is 0. The Morgan fingerprint density at radius 2 is 2.00 bits per heavy atom. The summed E-state index contributed by atoms with van der Waals surface area (Å²) in [5.41, 5.74) is 3.55. The molecule has 0 bridgehead atoms. The van der Waals surface area contributed by atoms with Crippen molar-refractivity contribution in [2.75, 3.05) is 11.4 Å². The van der Waals surface area contributed by atoms with Crippen LogP contribution in [0.25, 0.3) is 0 Å². The van der Waals surface area contributed by atoms with Gasteiger partial charge >= 0.3 is 0 Å². The van der Waals surface area contributed by atoms with Crippen LogP contribution in [0.4, 0.5) is 5.69 Å². The van der Waals surface area contributed by atoms with Gasteiger partial charge in [-0.25, -0.2) is 0 Å². The average Bonchev–Trinajstić information content (AvgIpc) is 3.09. The van der Waals surface area contributed by atoms with Gasteiger partial charge in [-0.1, -0.05) is 12.1 Å². The Balaban J connectivity index is 1.80. The third kappa shape index (κ3) is 2.03. The normalized spacial score (nSPS) is 23.8. The van der Waals surface area contributed by atoms with Crippen molar-refractivity contribution >= 4 is 11.6 Å². The Labute approximate surface area is 108 Å². The highest BCUT2D eigenvalue weighted by Gasteiger charge is 2.36. The molecule has 1 N–H and O–H groups in total. The third-order valence-corrected chi connectivity index (χ3v) is 4.09. The van der Waals surface area contributed by atoms with Gasteiger partial charge in [-0.2, -0.15) is 0 Å². The Bertz CT molecular complexity index is 479. The van der Waals surface area contributed by atoms with E-state index in [1.807, 2.05) is 11.0 Å². The summed E-state index contributed by atoms with van der Waals surface area (Å²) in [6, 6.07) is 6.82. The number of hydrogen-bond acceptors (Lipinski definition) is 2. The van der Waals surface area contributed by atoms with E-state index in [0.717, 1.165) is 18.7 Å². The Hall–Kier alpha value is -1.35. The van der Waals surface area contributed by atoms with E-state index in [0.29, 0.717) is 6.04 Å². The van der Waals surface area contributed by atoms with Crippen LogP contribution in [0.2, 0.25) is 0 Å². The van der Waals surface area contributed by atoms with Crippen LogP contribution in [0.15, 0.2) is 18.2 Å². The highest BCUT2D eigenvalue weighted by Crippen LogP contribution is 2.28. The van der Waals surface area contributed by atoms with Crippen molar-refractivity contribution in [1.82, 2.24) is 5.32 Å². The Morgan fingerprint density at radius 1 is 1.22 bits per heavy atom. The monoisotopic (exact) mass is 244 g/mol. The summed E-state index contributed by atoms with van der Waals surface area (Å²) in [7, 11) is 0. The smallest absolute Gasteiger partial charge is 0.244 e. The molecule has 1 atom stereocenters. The summed E-state index contributed by atoms with van der Waals surface area (Å²) < 4.78 is 0. The van der Waals surface area contributed by atoms with Crippen LogP contribution in [0.5, 0.6) is 0 Å². The number of carbonyl (C=O) groups is 1. The first-order valence-corrected chi connectivity index (χ1v) is 6.80. The molecule has 2 fully saturated rings. The number of carbonyl (C=O) groups excluding carboxylic acids is 1. The van der Waals surface area contributed by atoms with Gasteiger partial charge in [0.1, 0.15) is 0 Å². The molecule has 1 saturated heterocycles. The maximum Gasteiger partial charge on any atom is 0.244 e.